The van der Waals surface area contributed by atoms with Gasteiger partial charge in [-0.15, -0.1) is 11.6 Å². The normalized spacial score (nSPS) is 10.7. The van der Waals surface area contributed by atoms with Crippen molar-refractivity contribution in [3.63, 3.8) is 0 Å². The van der Waals surface area contributed by atoms with Gasteiger partial charge >= 0.3 is 0 Å². The number of nitrogens with zero attached hydrogens (tertiary/aromatic N) is 2. The Labute approximate surface area is 111 Å². The van der Waals surface area contributed by atoms with Gasteiger partial charge in [0, 0.05) is 11.8 Å². The first-order chi connectivity index (χ1) is 8.51. The first-order valence-corrected chi connectivity index (χ1v) is 6.29. The molecule has 0 aliphatic heterocycles. The lowest BCUT2D eigenvalue weighted by Gasteiger charge is -2.12. The molecule has 0 bridgehead atoms. The van der Waals surface area contributed by atoms with Crippen LogP contribution < -0.4 is 5.43 Å². The maximum atomic E-state index is 11.6. The molecule has 1 aromatic carbocycles. The molecule has 0 unspecified atom stereocenters. The minimum absolute atomic E-state index is 0.108. The molecule has 94 valence electrons. The summed E-state index contributed by atoms with van der Waals surface area (Å²) in [6.07, 6.45) is 0. The summed E-state index contributed by atoms with van der Waals surface area (Å²) in [5.74, 6) is 0.129. The van der Waals surface area contributed by atoms with Gasteiger partial charge in [-0.2, -0.15) is 5.10 Å². The van der Waals surface area contributed by atoms with Crippen LogP contribution in [0.5, 0.6) is 0 Å². The number of aromatic nitrogens is 2. The molecule has 0 atom stereocenters. The van der Waals surface area contributed by atoms with Crippen molar-refractivity contribution in [2.75, 3.05) is 0 Å². The summed E-state index contributed by atoms with van der Waals surface area (Å²) in [5, 5.41) is 4.31. The van der Waals surface area contributed by atoms with Crippen molar-refractivity contribution in [2.24, 2.45) is 0 Å². The Morgan fingerprint density at radius 1 is 1.11 bits per heavy atom. The van der Waals surface area contributed by atoms with Gasteiger partial charge in [0.1, 0.15) is 5.69 Å². The first kappa shape index (κ1) is 12.8. The maximum Gasteiger partial charge on any atom is 0.204 e. The summed E-state index contributed by atoms with van der Waals surface area (Å²) in [7, 11) is 0. The van der Waals surface area contributed by atoms with Gasteiger partial charge in [0.05, 0.1) is 11.6 Å². The van der Waals surface area contributed by atoms with Gasteiger partial charge in [-0.05, 0) is 44.0 Å². The molecule has 0 aliphatic rings. The summed E-state index contributed by atoms with van der Waals surface area (Å²) in [6, 6.07) is 7.75. The Morgan fingerprint density at radius 2 is 1.72 bits per heavy atom. The molecule has 3 nitrogen and oxygen atoms in total. The van der Waals surface area contributed by atoms with Gasteiger partial charge in [0.25, 0.3) is 0 Å². The van der Waals surface area contributed by atoms with E-state index in [9.17, 15) is 4.79 Å². The van der Waals surface area contributed by atoms with Gasteiger partial charge in [0.15, 0.2) is 0 Å². The highest BCUT2D eigenvalue weighted by Crippen LogP contribution is 2.14. The zero-order valence-electron chi connectivity index (χ0n) is 10.7. The fraction of sp³-hybridized carbons (Fsp3) is 0.286. The molecule has 2 rings (SSSR count). The second-order valence-electron chi connectivity index (χ2n) is 4.49. The van der Waals surface area contributed by atoms with E-state index in [2.05, 4.69) is 11.2 Å². The number of halogens is 1. The number of benzene rings is 1. The van der Waals surface area contributed by atoms with Gasteiger partial charge in [-0.1, -0.05) is 6.07 Å². The third kappa shape index (κ3) is 2.46. The van der Waals surface area contributed by atoms with E-state index in [1.807, 2.05) is 32.9 Å². The van der Waals surface area contributed by atoms with Crippen molar-refractivity contribution in [3.8, 4) is 5.69 Å². The molecule has 0 saturated carbocycles. The van der Waals surface area contributed by atoms with Crippen LogP contribution in [0.25, 0.3) is 5.69 Å². The molecular formula is C14H15ClN2O. The van der Waals surface area contributed by atoms with Crippen molar-refractivity contribution < 1.29 is 0 Å². The smallest absolute Gasteiger partial charge is 0.204 e. The Hall–Kier alpha value is -1.61. The van der Waals surface area contributed by atoms with Gasteiger partial charge in [-0.25, -0.2) is 4.68 Å². The topological polar surface area (TPSA) is 34.9 Å². The van der Waals surface area contributed by atoms with Crippen molar-refractivity contribution in [1.29, 1.82) is 0 Å². The molecular weight excluding hydrogens is 248 g/mol. The van der Waals surface area contributed by atoms with Crippen molar-refractivity contribution in [3.05, 3.63) is 57.0 Å². The Kier molecular flexibility index (Phi) is 3.53. The van der Waals surface area contributed by atoms with Crippen LogP contribution in [-0.2, 0) is 5.88 Å². The predicted octanol–water partition coefficient (Wildman–Crippen LogP) is 2.90. The summed E-state index contributed by atoms with van der Waals surface area (Å²) < 4.78 is 1.76. The van der Waals surface area contributed by atoms with Crippen LogP contribution in [0.4, 0.5) is 0 Å². The predicted molar refractivity (Wildman–Crippen MR) is 73.6 cm³/mol. The lowest BCUT2D eigenvalue weighted by atomic mass is 10.1. The van der Waals surface area contributed by atoms with Crippen LogP contribution in [0.2, 0.25) is 0 Å². The van der Waals surface area contributed by atoms with E-state index < -0.39 is 0 Å². The third-order valence-electron chi connectivity index (χ3n) is 2.76. The highest BCUT2D eigenvalue weighted by Gasteiger charge is 2.07. The number of aryl methyl sites for hydroxylation is 3. The van der Waals surface area contributed by atoms with E-state index in [-0.39, 0.29) is 11.3 Å². The highest BCUT2D eigenvalue weighted by atomic mass is 35.5. The molecule has 4 heteroatoms. The van der Waals surface area contributed by atoms with E-state index >= 15 is 0 Å². The first-order valence-electron chi connectivity index (χ1n) is 5.76. The van der Waals surface area contributed by atoms with Crippen molar-refractivity contribution in [1.82, 2.24) is 9.78 Å². The van der Waals surface area contributed by atoms with E-state index in [0.717, 1.165) is 22.5 Å². The lowest BCUT2D eigenvalue weighted by molar-refractivity contribution is 0.771. The second-order valence-corrected chi connectivity index (χ2v) is 4.76. The Bertz CT molecular complexity index is 626. The maximum absolute atomic E-state index is 11.6. The van der Waals surface area contributed by atoms with Gasteiger partial charge in [-0.3, -0.25) is 4.79 Å². The Morgan fingerprint density at radius 3 is 2.28 bits per heavy atom. The van der Waals surface area contributed by atoms with Crippen molar-refractivity contribution in [2.45, 2.75) is 26.7 Å². The average Bonchev–Trinajstić information content (AvgIpc) is 2.27. The van der Waals surface area contributed by atoms with Crippen LogP contribution in [0.1, 0.15) is 22.5 Å². The molecule has 0 amide bonds. The van der Waals surface area contributed by atoms with Crippen LogP contribution in [-0.4, -0.2) is 9.78 Å². The van der Waals surface area contributed by atoms with E-state index in [1.54, 1.807) is 10.7 Å². The summed E-state index contributed by atoms with van der Waals surface area (Å²) in [4.78, 5) is 11.6. The fourth-order valence-corrected chi connectivity index (χ4v) is 2.20. The average molecular weight is 263 g/mol. The van der Waals surface area contributed by atoms with Crippen molar-refractivity contribution >= 4 is 11.6 Å². The third-order valence-corrected chi connectivity index (χ3v) is 3.01. The molecule has 1 aromatic heterocycles. The molecule has 0 aliphatic carbocycles. The molecule has 1 heterocycles. The number of alkyl halides is 1. The van der Waals surface area contributed by atoms with Gasteiger partial charge < -0.3 is 0 Å². The quantitative estimate of drug-likeness (QED) is 0.780. The molecule has 0 fully saturated rings. The number of hydrogen-bond acceptors (Lipinski definition) is 2. The van der Waals surface area contributed by atoms with Crippen LogP contribution in [0.3, 0.4) is 0 Å². The largest absolute Gasteiger partial charge is 0.288 e. The zero-order chi connectivity index (χ0) is 13.3. The molecule has 18 heavy (non-hydrogen) atoms. The van der Waals surface area contributed by atoms with Crippen LogP contribution in [0, 0.1) is 20.8 Å². The second kappa shape index (κ2) is 4.94. The number of hydrogen-bond donors (Lipinski definition) is 0. The summed E-state index contributed by atoms with van der Waals surface area (Å²) in [6.45, 7) is 5.94. The molecule has 0 N–H and O–H groups in total. The van der Waals surface area contributed by atoms with Crippen LogP contribution in [0.15, 0.2) is 29.1 Å². The summed E-state index contributed by atoms with van der Waals surface area (Å²) in [5.41, 5.74) is 4.36. The standard InChI is InChI=1S/C14H15ClN2O/c1-9-4-10(2)6-12(5-9)17-11(3)7-14(18)13(8-15)16-17/h4-7H,8H2,1-3H3. The molecule has 0 spiro atoms. The number of rotatable bonds is 2. The molecule has 0 radical (unpaired) electrons. The zero-order valence-corrected chi connectivity index (χ0v) is 11.5. The van der Waals surface area contributed by atoms with E-state index in [1.165, 1.54) is 0 Å². The highest BCUT2D eigenvalue weighted by molar-refractivity contribution is 6.16. The monoisotopic (exact) mass is 262 g/mol. The molecule has 0 saturated heterocycles. The van der Waals surface area contributed by atoms with Gasteiger partial charge in [0.2, 0.25) is 5.43 Å². The SMILES string of the molecule is Cc1cc(C)cc(-n2nc(CCl)c(=O)cc2C)c1. The molecule has 2 aromatic rings. The Balaban J connectivity index is 2.66. The van der Waals surface area contributed by atoms with Crippen LogP contribution >= 0.6 is 11.6 Å². The minimum Gasteiger partial charge on any atom is -0.288 e. The van der Waals surface area contributed by atoms with E-state index in [4.69, 9.17) is 11.6 Å². The minimum atomic E-state index is -0.108. The van der Waals surface area contributed by atoms with E-state index in [0.29, 0.717) is 5.69 Å². The lowest BCUT2D eigenvalue weighted by Crippen LogP contribution is -2.17. The fourth-order valence-electron chi connectivity index (χ4n) is 2.01. The summed E-state index contributed by atoms with van der Waals surface area (Å²) >= 11 is 5.73.